The van der Waals surface area contributed by atoms with Crippen LogP contribution in [0.1, 0.15) is 17.5 Å². The Hall–Kier alpha value is -2.69. The Morgan fingerprint density at radius 2 is 1.90 bits per heavy atom. The van der Waals surface area contributed by atoms with Crippen molar-refractivity contribution in [2.75, 3.05) is 13.2 Å². The first-order valence-corrected chi connectivity index (χ1v) is 11.1. The highest BCUT2D eigenvalue weighted by Crippen LogP contribution is 2.41. The zero-order valence-corrected chi connectivity index (χ0v) is 17.6. The van der Waals surface area contributed by atoms with Crippen LogP contribution in [0.25, 0.3) is 0 Å². The zero-order valence-electron chi connectivity index (χ0n) is 16.7. The molecule has 0 bridgehead atoms. The van der Waals surface area contributed by atoms with Gasteiger partial charge in [-0.05, 0) is 43.2 Å². The summed E-state index contributed by atoms with van der Waals surface area (Å²) in [7, 11) is -3.93. The maximum atomic E-state index is 13.9. The first kappa shape index (κ1) is 21.5. The molecule has 0 spiro atoms. The summed E-state index contributed by atoms with van der Waals surface area (Å²) in [6.45, 7) is 2.07. The lowest BCUT2D eigenvalue weighted by molar-refractivity contribution is -0.0184. The van der Waals surface area contributed by atoms with E-state index in [4.69, 9.17) is 8.92 Å². The third-order valence-corrected chi connectivity index (χ3v) is 6.55. The van der Waals surface area contributed by atoms with Crippen LogP contribution in [0.3, 0.4) is 0 Å². The second-order valence-corrected chi connectivity index (χ2v) is 9.29. The molecule has 1 saturated heterocycles. The number of aryl methyl sites for hydroxylation is 1. The van der Waals surface area contributed by atoms with Crippen LogP contribution in [0, 0.1) is 24.5 Å². The minimum atomic E-state index is -3.93. The van der Waals surface area contributed by atoms with E-state index in [-0.39, 0.29) is 30.6 Å². The minimum absolute atomic E-state index is 0.0677. The number of benzene rings is 2. The zero-order chi connectivity index (χ0) is 22.1. The third-order valence-electron chi connectivity index (χ3n) is 5.25. The highest BCUT2D eigenvalue weighted by molar-refractivity contribution is 7.86. The van der Waals surface area contributed by atoms with E-state index >= 15 is 0 Å². The molecule has 1 aliphatic heterocycles. The molecule has 31 heavy (non-hydrogen) atoms. The van der Waals surface area contributed by atoms with Crippen molar-refractivity contribution in [3.63, 3.8) is 0 Å². The van der Waals surface area contributed by atoms with Gasteiger partial charge in [-0.3, -0.25) is 4.18 Å². The maximum Gasteiger partial charge on any atom is 0.296 e. The summed E-state index contributed by atoms with van der Waals surface area (Å²) in [5.74, 6) is -1.76. The number of aromatic nitrogens is 3. The highest BCUT2D eigenvalue weighted by atomic mass is 32.2. The van der Waals surface area contributed by atoms with Crippen LogP contribution in [0.4, 0.5) is 8.78 Å². The topological polar surface area (TPSA) is 83.3 Å². The van der Waals surface area contributed by atoms with Crippen LogP contribution in [-0.4, -0.2) is 36.4 Å². The van der Waals surface area contributed by atoms with Gasteiger partial charge in [0.25, 0.3) is 10.1 Å². The van der Waals surface area contributed by atoms with Crippen molar-refractivity contribution >= 4 is 10.1 Å². The SMILES string of the molecule is Cc1ccc(S(=O)(=O)OC[C@@H]2CO[C@@](Cn3cncn3)(c3cc(F)cc(F)c3)C2)cc1. The second kappa shape index (κ2) is 8.45. The molecule has 1 aliphatic rings. The average Bonchev–Trinajstić information content (AvgIpc) is 3.37. The van der Waals surface area contributed by atoms with Gasteiger partial charge in [-0.1, -0.05) is 17.7 Å². The van der Waals surface area contributed by atoms with Crippen molar-refractivity contribution < 1.29 is 26.1 Å². The Bertz CT molecular complexity index is 1130. The van der Waals surface area contributed by atoms with Crippen molar-refractivity contribution in [1.82, 2.24) is 14.8 Å². The Morgan fingerprint density at radius 3 is 2.55 bits per heavy atom. The number of halogens is 2. The van der Waals surface area contributed by atoms with E-state index in [1.54, 1.807) is 12.1 Å². The molecule has 0 amide bonds. The Kier molecular flexibility index (Phi) is 5.87. The van der Waals surface area contributed by atoms with E-state index < -0.39 is 27.4 Å². The first-order chi connectivity index (χ1) is 14.8. The van der Waals surface area contributed by atoms with Crippen LogP contribution in [0.5, 0.6) is 0 Å². The van der Waals surface area contributed by atoms with Gasteiger partial charge in [0.05, 0.1) is 24.7 Å². The van der Waals surface area contributed by atoms with Crippen molar-refractivity contribution in [3.8, 4) is 0 Å². The molecule has 4 rings (SSSR count). The average molecular weight is 449 g/mol. The van der Waals surface area contributed by atoms with Gasteiger partial charge in [0.1, 0.15) is 29.9 Å². The molecule has 7 nitrogen and oxygen atoms in total. The predicted octanol–water partition coefficient (Wildman–Crippen LogP) is 3.20. The fourth-order valence-corrected chi connectivity index (χ4v) is 4.70. The van der Waals surface area contributed by atoms with Gasteiger partial charge < -0.3 is 4.74 Å². The molecule has 0 unspecified atom stereocenters. The van der Waals surface area contributed by atoms with E-state index in [1.807, 2.05) is 6.92 Å². The van der Waals surface area contributed by atoms with E-state index in [9.17, 15) is 17.2 Å². The number of hydrogen-bond donors (Lipinski definition) is 0. The number of rotatable bonds is 7. The number of nitrogens with zero attached hydrogens (tertiary/aromatic N) is 3. The Balaban J connectivity index is 1.53. The van der Waals surface area contributed by atoms with Crippen LogP contribution in [0.2, 0.25) is 0 Å². The molecule has 164 valence electrons. The van der Waals surface area contributed by atoms with Crippen molar-refractivity contribution in [1.29, 1.82) is 0 Å². The molecule has 2 aromatic carbocycles. The van der Waals surface area contributed by atoms with E-state index in [1.165, 1.54) is 41.6 Å². The lowest BCUT2D eigenvalue weighted by Gasteiger charge is -2.29. The Labute approximate surface area is 178 Å². The lowest BCUT2D eigenvalue weighted by atomic mass is 9.87. The molecule has 2 heterocycles. The molecule has 0 N–H and O–H groups in total. The molecule has 2 atom stereocenters. The fourth-order valence-electron chi connectivity index (χ4n) is 3.72. The molecule has 0 radical (unpaired) electrons. The van der Waals surface area contributed by atoms with E-state index in [2.05, 4.69) is 10.1 Å². The molecular weight excluding hydrogens is 428 g/mol. The molecule has 1 fully saturated rings. The molecule has 10 heteroatoms. The summed E-state index contributed by atoms with van der Waals surface area (Å²) < 4.78 is 65.6. The predicted molar refractivity (Wildman–Crippen MR) is 106 cm³/mol. The van der Waals surface area contributed by atoms with Gasteiger partial charge >= 0.3 is 0 Å². The second-order valence-electron chi connectivity index (χ2n) is 7.68. The normalized spacial score (nSPS) is 21.5. The molecular formula is C21H21F2N3O4S. The largest absolute Gasteiger partial charge is 0.368 e. The highest BCUT2D eigenvalue weighted by Gasteiger charge is 2.43. The summed E-state index contributed by atoms with van der Waals surface area (Å²) >= 11 is 0. The monoisotopic (exact) mass is 449 g/mol. The van der Waals surface area contributed by atoms with Gasteiger partial charge in [0.15, 0.2) is 0 Å². The third kappa shape index (κ3) is 4.81. The molecule has 0 saturated carbocycles. The number of ether oxygens (including phenoxy) is 1. The fraction of sp³-hybridized carbons (Fsp3) is 0.333. The molecule has 0 aliphatic carbocycles. The van der Waals surface area contributed by atoms with E-state index in [0.29, 0.717) is 12.0 Å². The van der Waals surface area contributed by atoms with Crippen LogP contribution < -0.4 is 0 Å². The summed E-state index contributed by atoms with van der Waals surface area (Å²) in [5, 5.41) is 4.06. The summed E-state index contributed by atoms with van der Waals surface area (Å²) in [5.41, 5.74) is 0.144. The van der Waals surface area contributed by atoms with Crippen molar-refractivity contribution in [3.05, 3.63) is 77.9 Å². The van der Waals surface area contributed by atoms with Gasteiger partial charge in [0, 0.05) is 12.0 Å². The van der Waals surface area contributed by atoms with E-state index in [0.717, 1.165) is 11.6 Å². The van der Waals surface area contributed by atoms with Gasteiger partial charge in [0.2, 0.25) is 0 Å². The van der Waals surface area contributed by atoms with Crippen LogP contribution in [0.15, 0.2) is 60.0 Å². The summed E-state index contributed by atoms with van der Waals surface area (Å²) in [6, 6.07) is 9.57. The van der Waals surface area contributed by atoms with Gasteiger partial charge in [-0.2, -0.15) is 13.5 Å². The minimum Gasteiger partial charge on any atom is -0.368 e. The van der Waals surface area contributed by atoms with Crippen molar-refractivity contribution in [2.24, 2.45) is 5.92 Å². The standard InChI is InChI=1S/C21H21F2N3O4S/c1-15-2-4-20(5-3-15)31(27,28)30-11-16-9-21(29-10-16,12-26-14-24-13-25-26)17-6-18(22)8-19(23)7-17/h2-8,13-14,16H,9-12H2,1H3/t16-,21-/m0/s1. The lowest BCUT2D eigenvalue weighted by Crippen LogP contribution is -2.32. The van der Waals surface area contributed by atoms with Crippen LogP contribution in [-0.2, 0) is 31.2 Å². The summed E-state index contributed by atoms with van der Waals surface area (Å²) in [6.07, 6.45) is 3.12. The van der Waals surface area contributed by atoms with Gasteiger partial charge in [-0.15, -0.1) is 0 Å². The van der Waals surface area contributed by atoms with Crippen LogP contribution >= 0.6 is 0 Å². The smallest absolute Gasteiger partial charge is 0.296 e. The molecule has 3 aromatic rings. The molecule has 1 aromatic heterocycles. The summed E-state index contributed by atoms with van der Waals surface area (Å²) in [4.78, 5) is 3.96. The van der Waals surface area contributed by atoms with Gasteiger partial charge in [-0.25, -0.2) is 18.4 Å². The van der Waals surface area contributed by atoms with Crippen molar-refractivity contribution in [2.45, 2.75) is 30.4 Å². The quantitative estimate of drug-likeness (QED) is 0.515. The first-order valence-electron chi connectivity index (χ1n) is 9.65. The number of hydrogen-bond acceptors (Lipinski definition) is 6. The Morgan fingerprint density at radius 1 is 1.19 bits per heavy atom. The maximum absolute atomic E-state index is 13.9.